The van der Waals surface area contributed by atoms with Gasteiger partial charge in [0.1, 0.15) is 0 Å². The van der Waals surface area contributed by atoms with Gasteiger partial charge in [-0.1, -0.05) is 34.8 Å². The number of hydrogen-bond acceptors (Lipinski definition) is 3. The van der Waals surface area contributed by atoms with Crippen LogP contribution in [0.3, 0.4) is 0 Å². The van der Waals surface area contributed by atoms with Gasteiger partial charge in [-0.15, -0.1) is 0 Å². The van der Waals surface area contributed by atoms with Gasteiger partial charge in [0.05, 0.1) is 22.8 Å². The van der Waals surface area contributed by atoms with E-state index in [-0.39, 0.29) is 6.10 Å². The molecule has 0 aromatic heterocycles. The van der Waals surface area contributed by atoms with Gasteiger partial charge in [0, 0.05) is 23.7 Å². The van der Waals surface area contributed by atoms with E-state index in [1.165, 1.54) is 0 Å². The van der Waals surface area contributed by atoms with Gasteiger partial charge in [0.15, 0.2) is 5.79 Å². The summed E-state index contributed by atoms with van der Waals surface area (Å²) in [6.07, 6.45) is 0.0340. The highest BCUT2D eigenvalue weighted by atomic mass is 35.5. The minimum Gasteiger partial charge on any atom is -0.348 e. The summed E-state index contributed by atoms with van der Waals surface area (Å²) < 4.78 is 11.2. The molecule has 3 nitrogen and oxygen atoms in total. The molecule has 1 heterocycles. The van der Waals surface area contributed by atoms with Crippen LogP contribution in [0.5, 0.6) is 0 Å². The molecule has 1 fully saturated rings. The molecule has 0 bridgehead atoms. The average Bonchev–Trinajstić information content (AvgIpc) is 2.68. The highest BCUT2D eigenvalue weighted by Crippen LogP contribution is 2.31. The molecule has 19 heavy (non-hydrogen) atoms. The van der Waals surface area contributed by atoms with Gasteiger partial charge in [0.2, 0.25) is 0 Å². The van der Waals surface area contributed by atoms with Crippen molar-refractivity contribution >= 4 is 34.8 Å². The maximum absolute atomic E-state index is 6.13. The normalized spacial score (nSPS) is 21.8. The Morgan fingerprint density at radius 1 is 1.26 bits per heavy atom. The van der Waals surface area contributed by atoms with Crippen molar-refractivity contribution in [2.24, 2.45) is 0 Å². The van der Waals surface area contributed by atoms with E-state index in [2.05, 4.69) is 5.32 Å². The van der Waals surface area contributed by atoms with Crippen molar-refractivity contribution in [3.8, 4) is 0 Å². The molecular weight excluding hydrogens is 309 g/mol. The first-order chi connectivity index (χ1) is 8.89. The molecule has 1 unspecified atom stereocenters. The second-order valence-corrected chi connectivity index (χ2v) is 6.10. The zero-order chi connectivity index (χ0) is 14.0. The highest BCUT2D eigenvalue weighted by Gasteiger charge is 2.32. The largest absolute Gasteiger partial charge is 0.348 e. The maximum atomic E-state index is 6.13. The van der Waals surface area contributed by atoms with Crippen LogP contribution in [0.1, 0.15) is 19.4 Å². The van der Waals surface area contributed by atoms with E-state index in [4.69, 9.17) is 44.3 Å². The number of benzene rings is 1. The van der Waals surface area contributed by atoms with E-state index in [9.17, 15) is 0 Å². The van der Waals surface area contributed by atoms with Crippen molar-refractivity contribution in [2.75, 3.05) is 13.2 Å². The fraction of sp³-hybridized carbons (Fsp3) is 0.538. The van der Waals surface area contributed by atoms with E-state index in [1.807, 2.05) is 13.8 Å². The number of hydrogen-bond donors (Lipinski definition) is 1. The van der Waals surface area contributed by atoms with Crippen molar-refractivity contribution in [1.82, 2.24) is 5.32 Å². The minimum atomic E-state index is -0.502. The second kappa shape index (κ2) is 6.17. The molecule has 1 saturated heterocycles. The predicted molar refractivity (Wildman–Crippen MR) is 78.1 cm³/mol. The molecule has 1 aliphatic heterocycles. The minimum absolute atomic E-state index is 0.0340. The Bertz CT molecular complexity index is 465. The van der Waals surface area contributed by atoms with Crippen LogP contribution in [0.4, 0.5) is 0 Å². The van der Waals surface area contributed by atoms with Crippen LogP contribution in [0.25, 0.3) is 0 Å². The van der Waals surface area contributed by atoms with Gasteiger partial charge >= 0.3 is 0 Å². The van der Waals surface area contributed by atoms with Crippen molar-refractivity contribution < 1.29 is 9.47 Å². The first-order valence-electron chi connectivity index (χ1n) is 6.04. The summed E-state index contributed by atoms with van der Waals surface area (Å²) in [5.74, 6) is -0.502. The van der Waals surface area contributed by atoms with Gasteiger partial charge in [-0.2, -0.15) is 0 Å². The smallest absolute Gasteiger partial charge is 0.163 e. The Balaban J connectivity index is 1.88. The van der Waals surface area contributed by atoms with E-state index >= 15 is 0 Å². The molecule has 1 aromatic rings. The third-order valence-corrected chi connectivity index (χ3v) is 4.08. The molecule has 1 aliphatic rings. The first-order valence-corrected chi connectivity index (χ1v) is 7.17. The summed E-state index contributed by atoms with van der Waals surface area (Å²) in [6.45, 7) is 5.59. The number of halogens is 3. The Hall–Kier alpha value is -0.0300. The van der Waals surface area contributed by atoms with Crippen LogP contribution < -0.4 is 5.32 Å². The van der Waals surface area contributed by atoms with Crippen LogP contribution >= 0.6 is 34.8 Å². The lowest BCUT2D eigenvalue weighted by molar-refractivity contribution is -0.137. The fourth-order valence-corrected chi connectivity index (χ4v) is 2.63. The standard InChI is InChI=1S/C13H16Cl3NO2/c1-13(2)18-7-8(19-13)5-17-6-9-10(14)3-4-11(15)12(9)16/h3-4,8,17H,5-7H2,1-2H3. The van der Waals surface area contributed by atoms with Crippen molar-refractivity contribution in [2.45, 2.75) is 32.3 Å². The molecule has 1 N–H and O–H groups in total. The van der Waals surface area contributed by atoms with Crippen LogP contribution in [-0.2, 0) is 16.0 Å². The highest BCUT2D eigenvalue weighted by molar-refractivity contribution is 6.44. The summed E-state index contributed by atoms with van der Waals surface area (Å²) in [5, 5.41) is 4.86. The molecule has 2 rings (SSSR count). The number of ether oxygens (including phenoxy) is 2. The van der Waals surface area contributed by atoms with Gasteiger partial charge in [-0.25, -0.2) is 0 Å². The van der Waals surface area contributed by atoms with Gasteiger partial charge in [-0.3, -0.25) is 0 Å². The van der Waals surface area contributed by atoms with Crippen molar-refractivity contribution in [3.05, 3.63) is 32.8 Å². The summed E-state index contributed by atoms with van der Waals surface area (Å²) >= 11 is 18.2. The molecule has 106 valence electrons. The summed E-state index contributed by atoms with van der Waals surface area (Å²) in [7, 11) is 0. The Kier molecular flexibility index (Phi) is 4.99. The molecule has 0 spiro atoms. The van der Waals surface area contributed by atoms with E-state index in [1.54, 1.807) is 12.1 Å². The summed E-state index contributed by atoms with van der Waals surface area (Å²) in [4.78, 5) is 0. The molecule has 0 radical (unpaired) electrons. The van der Waals surface area contributed by atoms with Gasteiger partial charge in [-0.05, 0) is 26.0 Å². The fourth-order valence-electron chi connectivity index (χ4n) is 1.95. The molecule has 0 amide bonds. The van der Waals surface area contributed by atoms with Gasteiger partial charge < -0.3 is 14.8 Å². The molecule has 1 atom stereocenters. The Labute approximate surface area is 128 Å². The maximum Gasteiger partial charge on any atom is 0.163 e. The number of rotatable bonds is 4. The molecule has 1 aromatic carbocycles. The van der Waals surface area contributed by atoms with Crippen LogP contribution in [0.15, 0.2) is 12.1 Å². The Morgan fingerprint density at radius 2 is 1.95 bits per heavy atom. The lowest BCUT2D eigenvalue weighted by atomic mass is 10.2. The SMILES string of the molecule is CC1(C)OCC(CNCc2c(Cl)ccc(Cl)c2Cl)O1. The van der Waals surface area contributed by atoms with Crippen LogP contribution in [0, 0.1) is 0 Å². The molecule has 6 heteroatoms. The molecular formula is C13H16Cl3NO2. The van der Waals surface area contributed by atoms with E-state index in [0.717, 1.165) is 5.56 Å². The predicted octanol–water partition coefficient (Wildman–Crippen LogP) is 3.89. The van der Waals surface area contributed by atoms with Crippen LogP contribution in [-0.4, -0.2) is 25.0 Å². The van der Waals surface area contributed by atoms with Crippen LogP contribution in [0.2, 0.25) is 15.1 Å². The third kappa shape index (κ3) is 3.97. The zero-order valence-electron chi connectivity index (χ0n) is 10.8. The number of nitrogens with one attached hydrogen (secondary N) is 1. The third-order valence-electron chi connectivity index (χ3n) is 2.88. The van der Waals surface area contributed by atoms with E-state index in [0.29, 0.717) is 34.8 Å². The topological polar surface area (TPSA) is 30.5 Å². The lowest BCUT2D eigenvalue weighted by Crippen LogP contribution is -2.30. The Morgan fingerprint density at radius 3 is 2.58 bits per heavy atom. The quantitative estimate of drug-likeness (QED) is 0.852. The van der Waals surface area contributed by atoms with Crippen molar-refractivity contribution in [1.29, 1.82) is 0 Å². The zero-order valence-corrected chi connectivity index (χ0v) is 13.1. The first kappa shape index (κ1) is 15.4. The lowest BCUT2D eigenvalue weighted by Gasteiger charge is -2.17. The molecule has 0 saturated carbocycles. The molecule has 0 aliphatic carbocycles. The second-order valence-electron chi connectivity index (χ2n) is 4.90. The monoisotopic (exact) mass is 323 g/mol. The van der Waals surface area contributed by atoms with E-state index < -0.39 is 5.79 Å². The van der Waals surface area contributed by atoms with Gasteiger partial charge in [0.25, 0.3) is 0 Å². The summed E-state index contributed by atoms with van der Waals surface area (Å²) in [6, 6.07) is 3.43. The van der Waals surface area contributed by atoms with Crippen molar-refractivity contribution in [3.63, 3.8) is 0 Å². The summed E-state index contributed by atoms with van der Waals surface area (Å²) in [5.41, 5.74) is 0.800. The average molecular weight is 325 g/mol.